The summed E-state index contributed by atoms with van der Waals surface area (Å²) in [6, 6.07) is 5.56. The fourth-order valence-corrected chi connectivity index (χ4v) is 2.42. The van der Waals surface area contributed by atoms with Gasteiger partial charge in [-0.1, -0.05) is 30.4 Å². The third-order valence-electron chi connectivity index (χ3n) is 3.17. The lowest BCUT2D eigenvalue weighted by molar-refractivity contribution is -0.661. The highest BCUT2D eigenvalue weighted by Crippen LogP contribution is 2.08. The van der Waals surface area contributed by atoms with Crippen molar-refractivity contribution in [3.63, 3.8) is 0 Å². The quantitative estimate of drug-likeness (QED) is 0.424. The average Bonchev–Trinajstić information content (AvgIpc) is 2.91. The smallest absolute Gasteiger partial charge is 0.365 e. The first-order valence-corrected chi connectivity index (χ1v) is 8.46. The molecular weight excluding hydrogens is 322 g/mol. The van der Waals surface area contributed by atoms with Gasteiger partial charge in [0.25, 0.3) is 0 Å². The van der Waals surface area contributed by atoms with Crippen LogP contribution in [0.5, 0.6) is 0 Å². The van der Waals surface area contributed by atoms with Gasteiger partial charge in [0.2, 0.25) is 0 Å². The topological polar surface area (TPSA) is 120 Å². The largest absolute Gasteiger partial charge is 0.744 e. The molecule has 7 nitrogen and oxygen atoms in total. The third kappa shape index (κ3) is 6.91. The van der Waals surface area contributed by atoms with Crippen molar-refractivity contribution in [2.24, 2.45) is 0 Å². The normalized spacial score (nSPS) is 20.3. The van der Waals surface area contributed by atoms with Crippen LogP contribution in [0.2, 0.25) is 0 Å². The van der Waals surface area contributed by atoms with Crippen molar-refractivity contribution in [3.8, 4) is 0 Å². The minimum Gasteiger partial charge on any atom is -0.744 e. The Morgan fingerprint density at radius 2 is 2.09 bits per heavy atom. The molecule has 0 amide bonds. The van der Waals surface area contributed by atoms with Crippen LogP contribution in [0.3, 0.4) is 0 Å². The Labute approximate surface area is 135 Å². The van der Waals surface area contributed by atoms with E-state index in [4.69, 9.17) is 9.84 Å². The number of hydrogen-bond acceptors (Lipinski definition) is 6. The van der Waals surface area contributed by atoms with Gasteiger partial charge in [0.15, 0.2) is 6.04 Å². The molecule has 0 saturated carbocycles. The van der Waals surface area contributed by atoms with E-state index in [1.807, 2.05) is 6.92 Å². The lowest BCUT2D eigenvalue weighted by Gasteiger charge is -2.05. The highest BCUT2D eigenvalue weighted by atomic mass is 32.2. The van der Waals surface area contributed by atoms with Crippen LogP contribution < -0.4 is 5.32 Å². The second-order valence-electron chi connectivity index (χ2n) is 5.15. The van der Waals surface area contributed by atoms with E-state index in [0.717, 1.165) is 5.56 Å². The standard InChI is InChI=1S/C8H13NO3.C7H8O3S/c1-2-3-12-8(11)7-4-6(10)5-9-7;1-6-2-4-7(5-3-6)11(8,9)10/h2,6-7,9-10H,1,3-5H2;2-5H,1H3,(H,8,9,10)/t6-,7+;/m1./s1. The summed E-state index contributed by atoms with van der Waals surface area (Å²) in [6.07, 6.45) is 1.66. The molecule has 0 bridgehead atoms. The maximum Gasteiger partial charge on any atom is 0.365 e. The molecular formula is C15H21NO6S. The number of aliphatic hydroxyl groups excluding tert-OH is 1. The lowest BCUT2D eigenvalue weighted by atomic mass is 10.2. The van der Waals surface area contributed by atoms with Crippen LogP contribution >= 0.6 is 0 Å². The van der Waals surface area contributed by atoms with Crippen molar-refractivity contribution in [2.75, 3.05) is 13.2 Å². The van der Waals surface area contributed by atoms with Gasteiger partial charge in [-0.3, -0.25) is 0 Å². The van der Waals surface area contributed by atoms with Crippen molar-refractivity contribution in [2.45, 2.75) is 30.4 Å². The first-order valence-electron chi connectivity index (χ1n) is 7.05. The average molecular weight is 343 g/mol. The minimum atomic E-state index is -4.27. The van der Waals surface area contributed by atoms with Gasteiger partial charge in [-0.2, -0.15) is 0 Å². The predicted octanol–water partition coefficient (Wildman–Crippen LogP) is -0.689. The second kappa shape index (κ2) is 8.78. The Morgan fingerprint density at radius 3 is 2.52 bits per heavy atom. The summed E-state index contributed by atoms with van der Waals surface area (Å²) >= 11 is 0. The number of ether oxygens (including phenoxy) is 1. The number of nitrogens with two attached hydrogens (primary N) is 1. The molecule has 1 aromatic carbocycles. The van der Waals surface area contributed by atoms with Gasteiger partial charge in [0, 0.05) is 6.42 Å². The molecule has 1 heterocycles. The van der Waals surface area contributed by atoms with Crippen LogP contribution in [-0.4, -0.2) is 49.3 Å². The van der Waals surface area contributed by atoms with E-state index < -0.39 is 10.1 Å². The van der Waals surface area contributed by atoms with Gasteiger partial charge in [0.1, 0.15) is 29.4 Å². The first-order chi connectivity index (χ1) is 10.7. The van der Waals surface area contributed by atoms with E-state index in [0.29, 0.717) is 13.0 Å². The van der Waals surface area contributed by atoms with E-state index in [-0.39, 0.29) is 29.6 Å². The van der Waals surface area contributed by atoms with E-state index in [2.05, 4.69) is 6.58 Å². The van der Waals surface area contributed by atoms with Crippen LogP contribution in [0.15, 0.2) is 41.8 Å². The van der Waals surface area contributed by atoms with Crippen LogP contribution in [0.1, 0.15) is 12.0 Å². The summed E-state index contributed by atoms with van der Waals surface area (Å²) < 4.78 is 36.0. The van der Waals surface area contributed by atoms with E-state index in [9.17, 15) is 17.8 Å². The Balaban J connectivity index is 0.000000231. The van der Waals surface area contributed by atoms with Gasteiger partial charge in [-0.05, 0) is 19.1 Å². The molecule has 1 saturated heterocycles. The SMILES string of the molecule is C=CCOC(=O)[C@@H]1C[C@@H](O)C[NH2+]1.Cc1ccc(S(=O)(=O)[O-])cc1. The Morgan fingerprint density at radius 1 is 1.48 bits per heavy atom. The molecule has 0 aromatic heterocycles. The molecule has 0 spiro atoms. The van der Waals surface area contributed by atoms with Crippen LogP contribution in [0, 0.1) is 6.92 Å². The number of benzene rings is 1. The number of carbonyl (C=O) groups excluding carboxylic acids is 1. The highest BCUT2D eigenvalue weighted by Gasteiger charge is 2.33. The molecule has 1 fully saturated rings. The van der Waals surface area contributed by atoms with Crippen molar-refractivity contribution in [1.29, 1.82) is 0 Å². The second-order valence-corrected chi connectivity index (χ2v) is 6.53. The van der Waals surface area contributed by atoms with E-state index in [1.54, 1.807) is 17.4 Å². The molecule has 1 aliphatic heterocycles. The van der Waals surface area contributed by atoms with Crippen molar-refractivity contribution < 1.29 is 32.9 Å². The monoisotopic (exact) mass is 343 g/mol. The van der Waals surface area contributed by atoms with Gasteiger partial charge >= 0.3 is 5.97 Å². The fourth-order valence-electron chi connectivity index (χ4n) is 1.95. The van der Waals surface area contributed by atoms with Gasteiger partial charge < -0.3 is 19.7 Å². The lowest BCUT2D eigenvalue weighted by Crippen LogP contribution is -2.89. The summed E-state index contributed by atoms with van der Waals surface area (Å²) in [5.74, 6) is -0.258. The number of aliphatic hydroxyl groups is 1. The fraction of sp³-hybridized carbons (Fsp3) is 0.400. The molecule has 8 heteroatoms. The summed E-state index contributed by atoms with van der Waals surface area (Å²) in [6.45, 7) is 6.10. The Bertz CT molecular complexity index is 626. The number of carbonyl (C=O) groups is 1. The Kier molecular flexibility index (Phi) is 7.37. The maximum atomic E-state index is 11.1. The molecule has 23 heavy (non-hydrogen) atoms. The van der Waals surface area contributed by atoms with Crippen LogP contribution in [0.4, 0.5) is 0 Å². The van der Waals surface area contributed by atoms with Gasteiger partial charge in [-0.25, -0.2) is 13.2 Å². The number of rotatable bonds is 4. The van der Waals surface area contributed by atoms with E-state index in [1.165, 1.54) is 18.2 Å². The zero-order chi connectivity index (χ0) is 17.5. The number of quaternary nitrogens is 1. The molecule has 0 radical (unpaired) electrons. The third-order valence-corrected chi connectivity index (χ3v) is 4.02. The van der Waals surface area contributed by atoms with Crippen LogP contribution in [0.25, 0.3) is 0 Å². The molecule has 1 aromatic rings. The van der Waals surface area contributed by atoms with Gasteiger partial charge in [-0.15, -0.1) is 0 Å². The van der Waals surface area contributed by atoms with Crippen molar-refractivity contribution >= 4 is 16.1 Å². The zero-order valence-corrected chi connectivity index (χ0v) is 13.7. The highest BCUT2D eigenvalue weighted by molar-refractivity contribution is 7.85. The molecule has 1 aliphatic rings. The van der Waals surface area contributed by atoms with Crippen molar-refractivity contribution in [3.05, 3.63) is 42.5 Å². The number of aryl methyl sites for hydroxylation is 1. The molecule has 2 atom stereocenters. The van der Waals surface area contributed by atoms with E-state index >= 15 is 0 Å². The number of hydrogen-bond donors (Lipinski definition) is 2. The molecule has 128 valence electrons. The minimum absolute atomic E-state index is 0.178. The summed E-state index contributed by atoms with van der Waals surface area (Å²) in [5, 5.41) is 10.9. The summed E-state index contributed by atoms with van der Waals surface area (Å²) in [4.78, 5) is 11.0. The summed E-state index contributed by atoms with van der Waals surface area (Å²) in [7, 11) is -4.27. The number of esters is 1. The maximum absolute atomic E-state index is 11.1. The first kappa shape index (κ1) is 19.3. The molecule has 0 aliphatic carbocycles. The predicted molar refractivity (Wildman–Crippen MR) is 81.5 cm³/mol. The molecule has 3 N–H and O–H groups in total. The Hall–Kier alpha value is -1.74. The molecule has 2 rings (SSSR count). The van der Waals surface area contributed by atoms with Gasteiger partial charge in [0.05, 0.1) is 4.90 Å². The summed E-state index contributed by atoms with van der Waals surface area (Å²) in [5.41, 5.74) is 0.928. The van der Waals surface area contributed by atoms with Crippen molar-refractivity contribution in [1.82, 2.24) is 0 Å². The zero-order valence-electron chi connectivity index (χ0n) is 12.8. The molecule has 0 unspecified atom stereocenters. The van der Waals surface area contributed by atoms with Crippen LogP contribution in [-0.2, 0) is 19.6 Å².